The maximum absolute atomic E-state index is 6.26. The second-order valence-corrected chi connectivity index (χ2v) is 9.38. The number of hydrazine groups is 1. The van der Waals surface area contributed by atoms with E-state index in [1.165, 1.54) is 12.1 Å². The first-order valence-electron chi connectivity index (χ1n) is 11.8. The summed E-state index contributed by atoms with van der Waals surface area (Å²) in [7, 11) is 3.83. The molecule has 10 heteroatoms. The van der Waals surface area contributed by atoms with Crippen LogP contribution in [-0.4, -0.2) is 87.3 Å². The van der Waals surface area contributed by atoms with Gasteiger partial charge in [-0.25, -0.2) is 15.4 Å². The summed E-state index contributed by atoms with van der Waals surface area (Å²) in [6, 6.07) is 6.38. The van der Waals surface area contributed by atoms with Gasteiger partial charge in [0.2, 0.25) is 5.95 Å². The Hall–Kier alpha value is -3.11. The summed E-state index contributed by atoms with van der Waals surface area (Å²) >= 11 is 0. The van der Waals surface area contributed by atoms with E-state index in [9.17, 15) is 0 Å². The maximum Gasteiger partial charge on any atom is 0.223 e. The van der Waals surface area contributed by atoms with Crippen LogP contribution < -0.4 is 15.9 Å². The molecule has 0 bridgehead atoms. The van der Waals surface area contributed by atoms with Crippen LogP contribution in [0.1, 0.15) is 31.0 Å². The van der Waals surface area contributed by atoms with E-state index in [2.05, 4.69) is 38.5 Å². The Morgan fingerprint density at radius 2 is 2.06 bits per heavy atom. The summed E-state index contributed by atoms with van der Waals surface area (Å²) in [6.07, 6.45) is 5.70. The molecular formula is C23H31N9O. The predicted molar refractivity (Wildman–Crippen MR) is 127 cm³/mol. The molecule has 0 amide bonds. The van der Waals surface area contributed by atoms with Crippen LogP contribution in [0.15, 0.2) is 30.1 Å². The number of methoxy groups -OCH3 is 1. The SMILES string of the molecule is COc1cccc2c1nc(N)n1nc([C@@H]3CCCN(C4=CN([C@H]5CCN(C)C5)NC4)C3)nc21. The second kappa shape index (κ2) is 8.03. The number of aromatic nitrogens is 4. The summed E-state index contributed by atoms with van der Waals surface area (Å²) in [5.41, 5.74) is 12.6. The number of hydrogen-bond acceptors (Lipinski definition) is 9. The van der Waals surface area contributed by atoms with Crippen molar-refractivity contribution in [3.63, 3.8) is 0 Å². The van der Waals surface area contributed by atoms with Crippen molar-refractivity contribution in [2.24, 2.45) is 0 Å². The van der Waals surface area contributed by atoms with E-state index in [1.54, 1.807) is 11.6 Å². The average molecular weight is 450 g/mol. The molecule has 0 radical (unpaired) electrons. The zero-order chi connectivity index (χ0) is 22.5. The maximum atomic E-state index is 6.26. The Kier molecular flexibility index (Phi) is 4.99. The number of anilines is 1. The van der Waals surface area contributed by atoms with Crippen LogP contribution in [0.2, 0.25) is 0 Å². The molecule has 3 aliphatic rings. The lowest BCUT2D eigenvalue weighted by atomic mass is 9.97. The van der Waals surface area contributed by atoms with E-state index in [4.69, 9.17) is 20.6 Å². The number of rotatable bonds is 4. The fourth-order valence-corrected chi connectivity index (χ4v) is 5.42. The summed E-state index contributed by atoms with van der Waals surface area (Å²) in [6.45, 7) is 5.14. The van der Waals surface area contributed by atoms with Crippen LogP contribution in [0, 0.1) is 0 Å². The molecule has 2 aromatic heterocycles. The first-order chi connectivity index (χ1) is 16.1. The fraction of sp³-hybridized carbons (Fsp3) is 0.522. The van der Waals surface area contributed by atoms with Gasteiger partial charge in [-0.05, 0) is 45.0 Å². The number of nitrogen functional groups attached to an aromatic ring is 1. The number of ether oxygens (including phenoxy) is 1. The van der Waals surface area contributed by atoms with Gasteiger partial charge in [-0.3, -0.25) is 0 Å². The van der Waals surface area contributed by atoms with E-state index in [-0.39, 0.29) is 5.92 Å². The molecule has 1 aromatic carbocycles. The zero-order valence-corrected chi connectivity index (χ0v) is 19.2. The zero-order valence-electron chi connectivity index (χ0n) is 19.2. The van der Waals surface area contributed by atoms with Crippen molar-refractivity contribution in [2.75, 3.05) is 52.6 Å². The van der Waals surface area contributed by atoms with Crippen LogP contribution in [0.25, 0.3) is 16.6 Å². The molecule has 0 spiro atoms. The number of nitrogens with two attached hydrogens (primary N) is 1. The Labute approximate surface area is 193 Å². The lowest BCUT2D eigenvalue weighted by Crippen LogP contribution is -2.40. The molecule has 0 saturated carbocycles. The summed E-state index contributed by atoms with van der Waals surface area (Å²) in [5.74, 6) is 2.11. The predicted octanol–water partition coefficient (Wildman–Crippen LogP) is 1.41. The van der Waals surface area contributed by atoms with Crippen LogP contribution in [0.5, 0.6) is 5.75 Å². The summed E-state index contributed by atoms with van der Waals surface area (Å²) in [5, 5.41) is 8.00. The Morgan fingerprint density at radius 3 is 2.88 bits per heavy atom. The van der Waals surface area contributed by atoms with Gasteiger partial charge in [0.25, 0.3) is 0 Å². The Morgan fingerprint density at radius 1 is 1.15 bits per heavy atom. The molecule has 2 fully saturated rings. The molecule has 0 aliphatic carbocycles. The number of para-hydroxylation sites is 1. The Balaban J connectivity index is 1.27. The fourth-order valence-electron chi connectivity index (χ4n) is 5.42. The van der Waals surface area contributed by atoms with E-state index < -0.39 is 0 Å². The molecule has 6 rings (SSSR count). The number of fused-ring (bicyclic) bond motifs is 3. The van der Waals surface area contributed by atoms with Crippen LogP contribution in [-0.2, 0) is 0 Å². The van der Waals surface area contributed by atoms with Crippen LogP contribution in [0.4, 0.5) is 5.95 Å². The third kappa shape index (κ3) is 3.53. The summed E-state index contributed by atoms with van der Waals surface area (Å²) < 4.78 is 7.15. The number of likely N-dealkylation sites (N-methyl/N-ethyl adjacent to an activating group) is 1. The largest absolute Gasteiger partial charge is 0.494 e. The summed E-state index contributed by atoms with van der Waals surface area (Å²) in [4.78, 5) is 14.4. The monoisotopic (exact) mass is 449 g/mol. The molecule has 174 valence electrons. The van der Waals surface area contributed by atoms with Gasteiger partial charge < -0.3 is 25.3 Å². The number of likely N-dealkylation sites (tertiary alicyclic amines) is 2. The standard InChI is InChI=1S/C23H31N9O/c1-29-10-8-16(13-29)31-14-17(11-25-31)30-9-4-5-15(12-30)21-27-22-18-6-3-7-19(33-2)20(18)26-23(24)32(22)28-21/h3,6-7,14-16,25H,4-5,8-13H2,1-2H3,(H2,24,26)/t15-,16+/m1/s1. The third-order valence-electron chi connectivity index (χ3n) is 7.21. The first kappa shape index (κ1) is 20.5. The lowest BCUT2D eigenvalue weighted by Gasteiger charge is -2.33. The Bertz CT molecular complexity index is 1220. The number of benzene rings is 1. The molecule has 3 aromatic rings. The molecular weight excluding hydrogens is 418 g/mol. The van der Waals surface area contributed by atoms with Gasteiger partial charge in [0, 0.05) is 42.8 Å². The quantitative estimate of drug-likeness (QED) is 0.612. The minimum Gasteiger partial charge on any atom is -0.494 e. The highest BCUT2D eigenvalue weighted by Gasteiger charge is 2.31. The smallest absolute Gasteiger partial charge is 0.223 e. The molecule has 0 unspecified atom stereocenters. The van der Waals surface area contributed by atoms with Crippen molar-refractivity contribution in [2.45, 2.75) is 31.2 Å². The number of hydrogen-bond donors (Lipinski definition) is 2. The van der Waals surface area contributed by atoms with Crippen LogP contribution in [0.3, 0.4) is 0 Å². The topological polar surface area (TPSA) is 100 Å². The van der Waals surface area contributed by atoms with Gasteiger partial charge in [0.1, 0.15) is 11.3 Å². The molecule has 33 heavy (non-hydrogen) atoms. The van der Waals surface area contributed by atoms with Gasteiger partial charge in [0.05, 0.1) is 19.7 Å². The first-order valence-corrected chi connectivity index (χ1v) is 11.8. The van der Waals surface area contributed by atoms with E-state index in [0.29, 0.717) is 23.3 Å². The van der Waals surface area contributed by atoms with Crippen molar-refractivity contribution >= 4 is 22.5 Å². The highest BCUT2D eigenvalue weighted by molar-refractivity contribution is 5.95. The van der Waals surface area contributed by atoms with Crippen molar-refractivity contribution in [1.29, 1.82) is 0 Å². The highest BCUT2D eigenvalue weighted by Crippen LogP contribution is 2.32. The van der Waals surface area contributed by atoms with Gasteiger partial charge >= 0.3 is 0 Å². The molecule has 5 heterocycles. The minimum atomic E-state index is 0.256. The van der Waals surface area contributed by atoms with E-state index >= 15 is 0 Å². The molecule has 2 saturated heterocycles. The van der Waals surface area contributed by atoms with Crippen molar-refractivity contribution in [1.82, 2.24) is 39.8 Å². The van der Waals surface area contributed by atoms with Gasteiger partial charge in [-0.2, -0.15) is 4.52 Å². The van der Waals surface area contributed by atoms with Crippen molar-refractivity contribution < 1.29 is 4.74 Å². The average Bonchev–Trinajstić information content (AvgIpc) is 3.58. The number of nitrogens with zero attached hydrogens (tertiary/aromatic N) is 7. The number of piperidine rings is 1. The molecule has 2 atom stereocenters. The van der Waals surface area contributed by atoms with Gasteiger partial charge in [-0.1, -0.05) is 6.07 Å². The molecule has 3 aliphatic heterocycles. The minimum absolute atomic E-state index is 0.256. The lowest BCUT2D eigenvalue weighted by molar-refractivity contribution is 0.220. The molecule has 10 nitrogen and oxygen atoms in total. The third-order valence-corrected chi connectivity index (χ3v) is 7.21. The van der Waals surface area contributed by atoms with E-state index in [0.717, 1.165) is 62.4 Å². The highest BCUT2D eigenvalue weighted by atomic mass is 16.5. The van der Waals surface area contributed by atoms with Gasteiger partial charge in [0.15, 0.2) is 11.5 Å². The van der Waals surface area contributed by atoms with E-state index in [1.807, 2.05) is 18.2 Å². The van der Waals surface area contributed by atoms with Gasteiger partial charge in [-0.15, -0.1) is 5.10 Å². The van der Waals surface area contributed by atoms with Crippen molar-refractivity contribution in [3.05, 3.63) is 35.9 Å². The number of nitrogens with one attached hydrogen (secondary N) is 1. The van der Waals surface area contributed by atoms with Crippen LogP contribution >= 0.6 is 0 Å². The van der Waals surface area contributed by atoms with Crippen molar-refractivity contribution in [3.8, 4) is 5.75 Å². The normalized spacial score (nSPS) is 24.2. The second-order valence-electron chi connectivity index (χ2n) is 9.38. The molecule has 3 N–H and O–H groups in total.